The first-order valence-electron chi connectivity index (χ1n) is 21.0. The maximum absolute atomic E-state index is 2.59. The molecule has 1 fully saturated rings. The SMILES string of the molecule is CC(C)(C)c1ccc(-c2ccccc2N(c2ccccc2-c2cccc3cccc(-c4ccccc4)c23)c2cccc3c4c(n(-c5ccccc5)c23)C2C[C@H]2C=C4)cc1. The zero-order valence-corrected chi connectivity index (χ0v) is 33.8. The molecule has 11 rings (SSSR count). The minimum atomic E-state index is 0.0622. The lowest BCUT2D eigenvalue weighted by atomic mass is 9.86. The van der Waals surface area contributed by atoms with Gasteiger partial charge in [-0.2, -0.15) is 0 Å². The number of allylic oxidation sites excluding steroid dienone is 1. The zero-order chi connectivity index (χ0) is 39.7. The highest BCUT2D eigenvalue weighted by Crippen LogP contribution is 2.57. The molecule has 8 aromatic carbocycles. The third-order valence-electron chi connectivity index (χ3n) is 12.6. The van der Waals surface area contributed by atoms with Gasteiger partial charge in [0.25, 0.3) is 0 Å². The van der Waals surface area contributed by atoms with E-state index in [1.54, 1.807) is 0 Å². The van der Waals surface area contributed by atoms with E-state index in [1.807, 2.05) is 0 Å². The van der Waals surface area contributed by atoms with Crippen LogP contribution in [0.4, 0.5) is 17.1 Å². The van der Waals surface area contributed by atoms with Crippen molar-refractivity contribution in [2.45, 2.75) is 38.5 Å². The third kappa shape index (κ3) is 5.93. The highest BCUT2D eigenvalue weighted by atomic mass is 15.2. The largest absolute Gasteiger partial charge is 0.311 e. The second-order valence-corrected chi connectivity index (χ2v) is 17.3. The number of benzene rings is 8. The number of aromatic nitrogens is 1. The van der Waals surface area contributed by atoms with Crippen molar-refractivity contribution in [2.75, 3.05) is 4.90 Å². The Morgan fingerprint density at radius 2 is 1.08 bits per heavy atom. The molecular weight excluding hydrogens is 713 g/mol. The number of fused-ring (bicyclic) bond motifs is 6. The summed E-state index contributed by atoms with van der Waals surface area (Å²) < 4.78 is 2.59. The number of nitrogens with zero attached hydrogens (tertiary/aromatic N) is 2. The van der Waals surface area contributed by atoms with Crippen molar-refractivity contribution >= 4 is 44.8 Å². The highest BCUT2D eigenvalue weighted by molar-refractivity contribution is 6.11. The fourth-order valence-electron chi connectivity index (χ4n) is 9.66. The average molecular weight is 759 g/mol. The first-order chi connectivity index (χ1) is 28.9. The van der Waals surface area contributed by atoms with Crippen molar-refractivity contribution in [1.29, 1.82) is 0 Å². The molecule has 1 saturated carbocycles. The van der Waals surface area contributed by atoms with Crippen LogP contribution in [0.25, 0.3) is 66.8 Å². The van der Waals surface area contributed by atoms with Crippen molar-refractivity contribution in [3.8, 4) is 39.1 Å². The van der Waals surface area contributed by atoms with Crippen LogP contribution in [0.2, 0.25) is 0 Å². The van der Waals surface area contributed by atoms with Crippen molar-refractivity contribution in [1.82, 2.24) is 4.57 Å². The summed E-state index contributed by atoms with van der Waals surface area (Å²) in [5, 5.41) is 3.77. The van der Waals surface area contributed by atoms with Gasteiger partial charge in [-0.05, 0) is 86.7 Å². The second kappa shape index (κ2) is 13.9. The summed E-state index contributed by atoms with van der Waals surface area (Å²) in [6.07, 6.45) is 6.05. The average Bonchev–Trinajstić information content (AvgIpc) is 4.00. The van der Waals surface area contributed by atoms with Crippen LogP contribution in [-0.2, 0) is 5.41 Å². The zero-order valence-electron chi connectivity index (χ0n) is 33.8. The molecule has 0 radical (unpaired) electrons. The Labute approximate surface area is 347 Å². The van der Waals surface area contributed by atoms with Crippen LogP contribution in [0.15, 0.2) is 194 Å². The Kier molecular flexibility index (Phi) is 8.30. The second-order valence-electron chi connectivity index (χ2n) is 17.3. The standard InChI is InChI=1S/C57H46N2/c1-57(2,3)42-34-31-39(32-35-42)44-23-10-12-28-51(44)59(53-30-16-27-48-49-36-33-41-37-50(41)55(49)58(56(48)53)43-21-8-5-9-22-43)52-29-13-11-24-46(52)47-26-15-20-40-19-14-25-45(54(40)47)38-17-6-4-7-18-38/h4-36,41,50H,37H2,1-3H3/t41-,50?/m1/s1. The Bertz CT molecular complexity index is 3050. The van der Waals surface area contributed by atoms with E-state index in [1.165, 1.54) is 84.0 Å². The highest BCUT2D eigenvalue weighted by Gasteiger charge is 2.43. The molecule has 0 aliphatic heterocycles. The minimum Gasteiger partial charge on any atom is -0.311 e. The molecule has 0 amide bonds. The van der Waals surface area contributed by atoms with Gasteiger partial charge in [-0.1, -0.05) is 191 Å². The molecule has 0 bridgehead atoms. The fraction of sp³-hybridized carbons (Fsp3) is 0.123. The quantitative estimate of drug-likeness (QED) is 0.157. The van der Waals surface area contributed by atoms with E-state index in [0.29, 0.717) is 11.8 Å². The summed E-state index contributed by atoms with van der Waals surface area (Å²) in [6, 6.07) is 69.5. The smallest absolute Gasteiger partial charge is 0.0779 e. The van der Waals surface area contributed by atoms with Crippen LogP contribution in [0, 0.1) is 5.92 Å². The Hall–Kier alpha value is -6.90. The van der Waals surface area contributed by atoms with Gasteiger partial charge in [-0.25, -0.2) is 0 Å². The van der Waals surface area contributed by atoms with Crippen molar-refractivity contribution in [3.05, 3.63) is 211 Å². The molecule has 9 aromatic rings. The van der Waals surface area contributed by atoms with Gasteiger partial charge in [0.15, 0.2) is 0 Å². The summed E-state index contributed by atoms with van der Waals surface area (Å²) in [5.41, 5.74) is 17.3. The summed E-state index contributed by atoms with van der Waals surface area (Å²) >= 11 is 0. The topological polar surface area (TPSA) is 8.17 Å². The van der Waals surface area contributed by atoms with E-state index in [0.717, 1.165) is 17.1 Å². The third-order valence-corrected chi connectivity index (χ3v) is 12.6. The Balaban J connectivity index is 1.23. The lowest BCUT2D eigenvalue weighted by Crippen LogP contribution is -2.14. The van der Waals surface area contributed by atoms with Gasteiger partial charge in [-0.15, -0.1) is 0 Å². The van der Waals surface area contributed by atoms with E-state index in [2.05, 4.69) is 230 Å². The molecule has 2 aliphatic carbocycles. The molecule has 1 heterocycles. The van der Waals surface area contributed by atoms with Crippen LogP contribution in [0.1, 0.15) is 49.9 Å². The number of rotatable bonds is 7. The maximum Gasteiger partial charge on any atom is 0.0779 e. The van der Waals surface area contributed by atoms with Gasteiger partial charge in [-0.3, -0.25) is 0 Å². The summed E-state index contributed by atoms with van der Waals surface area (Å²) in [5.74, 6) is 1.13. The van der Waals surface area contributed by atoms with E-state index >= 15 is 0 Å². The van der Waals surface area contributed by atoms with Crippen LogP contribution >= 0.6 is 0 Å². The number of anilines is 3. The van der Waals surface area contributed by atoms with Crippen molar-refractivity contribution in [3.63, 3.8) is 0 Å². The van der Waals surface area contributed by atoms with Crippen molar-refractivity contribution < 1.29 is 0 Å². The minimum absolute atomic E-state index is 0.0622. The number of para-hydroxylation sites is 4. The number of hydrogen-bond acceptors (Lipinski definition) is 1. The number of hydrogen-bond donors (Lipinski definition) is 0. The van der Waals surface area contributed by atoms with E-state index < -0.39 is 0 Å². The van der Waals surface area contributed by atoms with E-state index in [9.17, 15) is 0 Å². The first kappa shape index (κ1) is 35.3. The van der Waals surface area contributed by atoms with Crippen LogP contribution < -0.4 is 4.90 Å². The predicted molar refractivity (Wildman–Crippen MR) is 250 cm³/mol. The molecule has 0 spiro atoms. The monoisotopic (exact) mass is 758 g/mol. The molecule has 284 valence electrons. The molecule has 1 unspecified atom stereocenters. The lowest BCUT2D eigenvalue weighted by molar-refractivity contribution is 0.590. The lowest BCUT2D eigenvalue weighted by Gasteiger charge is -2.31. The Morgan fingerprint density at radius 3 is 1.81 bits per heavy atom. The summed E-state index contributed by atoms with van der Waals surface area (Å²) in [4.78, 5) is 2.56. The molecule has 2 nitrogen and oxygen atoms in total. The first-order valence-corrected chi connectivity index (χ1v) is 21.0. The van der Waals surface area contributed by atoms with Gasteiger partial charge < -0.3 is 9.47 Å². The van der Waals surface area contributed by atoms with Crippen LogP contribution in [-0.4, -0.2) is 4.57 Å². The summed E-state index contributed by atoms with van der Waals surface area (Å²) in [7, 11) is 0. The van der Waals surface area contributed by atoms with Gasteiger partial charge >= 0.3 is 0 Å². The van der Waals surface area contributed by atoms with Gasteiger partial charge in [0.05, 0.1) is 22.6 Å². The normalized spacial score (nSPS) is 15.6. The fourth-order valence-corrected chi connectivity index (χ4v) is 9.66. The molecule has 2 atom stereocenters. The van der Waals surface area contributed by atoms with Crippen LogP contribution in [0.5, 0.6) is 0 Å². The maximum atomic E-state index is 2.59. The van der Waals surface area contributed by atoms with Gasteiger partial charge in [0, 0.05) is 39.4 Å². The van der Waals surface area contributed by atoms with E-state index in [-0.39, 0.29) is 5.41 Å². The molecular formula is C57H46N2. The molecule has 59 heavy (non-hydrogen) atoms. The molecule has 0 saturated heterocycles. The summed E-state index contributed by atoms with van der Waals surface area (Å²) in [6.45, 7) is 6.85. The van der Waals surface area contributed by atoms with Gasteiger partial charge in [0.1, 0.15) is 0 Å². The predicted octanol–water partition coefficient (Wildman–Crippen LogP) is 15.7. The molecule has 2 heteroatoms. The molecule has 1 aromatic heterocycles. The van der Waals surface area contributed by atoms with Gasteiger partial charge in [0.2, 0.25) is 0 Å². The van der Waals surface area contributed by atoms with Crippen LogP contribution in [0.3, 0.4) is 0 Å². The van der Waals surface area contributed by atoms with E-state index in [4.69, 9.17) is 0 Å². The van der Waals surface area contributed by atoms with Crippen molar-refractivity contribution in [2.24, 2.45) is 5.92 Å². The molecule has 0 N–H and O–H groups in total. The Morgan fingerprint density at radius 1 is 0.508 bits per heavy atom. The molecule has 2 aliphatic rings.